The molecule has 2 heterocycles. The summed E-state index contributed by atoms with van der Waals surface area (Å²) in [4.78, 5) is 25.1. The molecule has 0 atom stereocenters. The van der Waals surface area contributed by atoms with Gasteiger partial charge in [-0.15, -0.1) is 11.3 Å². The second kappa shape index (κ2) is 7.73. The van der Waals surface area contributed by atoms with Crippen LogP contribution in [0, 0.1) is 5.92 Å². The van der Waals surface area contributed by atoms with Crippen molar-refractivity contribution in [1.82, 2.24) is 4.57 Å². The van der Waals surface area contributed by atoms with Crippen LogP contribution in [0.1, 0.15) is 29.4 Å². The highest BCUT2D eigenvalue weighted by molar-refractivity contribution is 8.24. The number of nitrogens with two attached hydrogens (primary N) is 1. The Morgan fingerprint density at radius 3 is 2.67 bits per heavy atom. The van der Waals surface area contributed by atoms with Crippen LogP contribution in [0.4, 0.5) is 0 Å². The van der Waals surface area contributed by atoms with Crippen LogP contribution >= 0.6 is 21.9 Å². The fourth-order valence-electron chi connectivity index (χ4n) is 3.28. The van der Waals surface area contributed by atoms with Crippen LogP contribution in [-0.4, -0.2) is 31.9 Å². The van der Waals surface area contributed by atoms with Crippen molar-refractivity contribution in [3.8, 4) is 16.9 Å². The standard InChI is InChI=1S/C21H24N2O5S2/c1-3-30(26,27)13-6-7-17(28-11-12-4-5-12)14(8-13)16-10-23(2)21(25)19-15(16)9-18(29-19)20(22)24/h6-10,12,26-27H,3-5,11H2,1-2H3,(H2,22,24). The van der Waals surface area contributed by atoms with Crippen LogP contribution in [0.2, 0.25) is 0 Å². The number of aromatic nitrogens is 1. The van der Waals surface area contributed by atoms with Gasteiger partial charge in [0.15, 0.2) is 0 Å². The summed E-state index contributed by atoms with van der Waals surface area (Å²) in [6.07, 6.45) is 3.96. The van der Waals surface area contributed by atoms with Gasteiger partial charge in [0.2, 0.25) is 0 Å². The lowest BCUT2D eigenvalue weighted by Gasteiger charge is -2.31. The molecule has 0 bridgehead atoms. The summed E-state index contributed by atoms with van der Waals surface area (Å²) in [5.41, 5.74) is 6.55. The van der Waals surface area contributed by atoms with E-state index < -0.39 is 16.5 Å². The molecular formula is C21H24N2O5S2. The highest BCUT2D eigenvalue weighted by atomic mass is 32.3. The third-order valence-corrected chi connectivity index (χ3v) is 8.25. The molecule has 1 aliphatic rings. The van der Waals surface area contributed by atoms with Crippen molar-refractivity contribution < 1.29 is 18.6 Å². The van der Waals surface area contributed by atoms with E-state index in [2.05, 4.69) is 0 Å². The van der Waals surface area contributed by atoms with Gasteiger partial charge in [0.05, 0.1) is 16.4 Å². The number of fused-ring (bicyclic) bond motifs is 1. The predicted octanol–water partition coefficient (Wildman–Crippen LogP) is 4.28. The quantitative estimate of drug-likeness (QED) is 0.499. The lowest BCUT2D eigenvalue weighted by atomic mass is 10.0. The molecule has 160 valence electrons. The van der Waals surface area contributed by atoms with Crippen molar-refractivity contribution in [2.45, 2.75) is 24.7 Å². The second-order valence-corrected chi connectivity index (χ2v) is 11.0. The zero-order valence-corrected chi connectivity index (χ0v) is 18.4. The number of pyridine rings is 1. The fourth-order valence-corrected chi connectivity index (χ4v) is 5.21. The van der Waals surface area contributed by atoms with Gasteiger partial charge in [-0.1, -0.05) is 0 Å². The molecule has 4 rings (SSSR count). The molecule has 0 radical (unpaired) electrons. The maximum Gasteiger partial charge on any atom is 0.268 e. The van der Waals surface area contributed by atoms with E-state index in [1.54, 1.807) is 44.4 Å². The first-order valence-electron chi connectivity index (χ1n) is 9.67. The smallest absolute Gasteiger partial charge is 0.268 e. The Balaban J connectivity index is 1.95. The molecule has 4 N–H and O–H groups in total. The minimum Gasteiger partial charge on any atom is -0.493 e. The number of thiophene rings is 1. The van der Waals surface area contributed by atoms with Gasteiger partial charge < -0.3 is 15.0 Å². The molecule has 1 fully saturated rings. The number of carbonyl (C=O) groups is 1. The van der Waals surface area contributed by atoms with Crippen LogP contribution in [0.25, 0.3) is 21.2 Å². The molecule has 0 aliphatic heterocycles. The molecule has 0 saturated heterocycles. The predicted molar refractivity (Wildman–Crippen MR) is 121 cm³/mol. The first-order chi connectivity index (χ1) is 14.2. The topological polar surface area (TPSA) is 115 Å². The van der Waals surface area contributed by atoms with Gasteiger partial charge in [-0.3, -0.25) is 18.7 Å². The lowest BCUT2D eigenvalue weighted by Crippen LogP contribution is -2.15. The summed E-state index contributed by atoms with van der Waals surface area (Å²) in [6.45, 7) is 2.30. The molecule has 0 unspecified atom stereocenters. The van der Waals surface area contributed by atoms with Gasteiger partial charge >= 0.3 is 0 Å². The van der Waals surface area contributed by atoms with Crippen LogP contribution in [0.5, 0.6) is 5.75 Å². The first-order valence-corrected chi connectivity index (χ1v) is 12.2. The van der Waals surface area contributed by atoms with Gasteiger partial charge in [0, 0.05) is 35.5 Å². The number of benzene rings is 1. The molecule has 1 saturated carbocycles. The molecule has 1 amide bonds. The van der Waals surface area contributed by atoms with Crippen LogP contribution in [0.3, 0.4) is 0 Å². The van der Waals surface area contributed by atoms with Crippen molar-refractivity contribution in [3.05, 3.63) is 45.7 Å². The van der Waals surface area contributed by atoms with Gasteiger partial charge in [-0.05, 0) is 49.9 Å². The highest BCUT2D eigenvalue weighted by Crippen LogP contribution is 2.50. The van der Waals surface area contributed by atoms with Gasteiger partial charge in [-0.2, -0.15) is 10.6 Å². The molecule has 1 aromatic carbocycles. The third-order valence-electron chi connectivity index (χ3n) is 5.30. The number of nitrogens with zero attached hydrogens (tertiary/aromatic N) is 1. The zero-order valence-electron chi connectivity index (χ0n) is 16.8. The van der Waals surface area contributed by atoms with E-state index in [-0.39, 0.29) is 11.3 Å². The monoisotopic (exact) mass is 448 g/mol. The van der Waals surface area contributed by atoms with Crippen molar-refractivity contribution in [3.63, 3.8) is 0 Å². The SMILES string of the molecule is CCS(O)(O)c1ccc(OCC2CC2)c(-c2cn(C)c(=O)c3sc(C(N)=O)cc23)c1. The van der Waals surface area contributed by atoms with Crippen LogP contribution in [0.15, 0.2) is 40.2 Å². The average molecular weight is 449 g/mol. The Hall–Kier alpha value is -2.33. The van der Waals surface area contributed by atoms with Crippen LogP contribution in [-0.2, 0) is 7.05 Å². The van der Waals surface area contributed by atoms with Crippen molar-refractivity contribution in [2.75, 3.05) is 12.4 Å². The zero-order chi connectivity index (χ0) is 21.6. The number of carbonyl (C=O) groups excluding carboxylic acids is 1. The number of hydrogen-bond acceptors (Lipinski definition) is 6. The van der Waals surface area contributed by atoms with Crippen molar-refractivity contribution in [2.24, 2.45) is 18.7 Å². The molecule has 9 heteroatoms. The lowest BCUT2D eigenvalue weighted by molar-refractivity contribution is 0.100. The molecule has 3 aromatic rings. The Kier molecular flexibility index (Phi) is 5.39. The Labute approximate surface area is 179 Å². The maximum atomic E-state index is 12.6. The van der Waals surface area contributed by atoms with E-state index in [9.17, 15) is 18.7 Å². The highest BCUT2D eigenvalue weighted by Gasteiger charge is 2.24. The molecule has 7 nitrogen and oxygen atoms in total. The third kappa shape index (κ3) is 3.85. The number of primary amides is 1. The normalized spacial score (nSPS) is 14.8. The maximum absolute atomic E-state index is 12.6. The largest absolute Gasteiger partial charge is 0.493 e. The van der Waals surface area contributed by atoms with E-state index >= 15 is 0 Å². The second-order valence-electron chi connectivity index (χ2n) is 7.54. The average Bonchev–Trinajstić information content (AvgIpc) is 3.44. The summed E-state index contributed by atoms with van der Waals surface area (Å²) in [6, 6.07) is 6.75. The Bertz CT molecular complexity index is 1190. The molecule has 0 spiro atoms. The summed E-state index contributed by atoms with van der Waals surface area (Å²) in [5.74, 6) is 0.741. The molecule has 30 heavy (non-hydrogen) atoms. The first kappa shape index (κ1) is 20.9. The minimum atomic E-state index is -2.94. The Morgan fingerprint density at radius 2 is 2.03 bits per heavy atom. The minimum absolute atomic E-state index is 0.196. The number of rotatable bonds is 7. The fraction of sp³-hybridized carbons (Fsp3) is 0.333. The van der Waals surface area contributed by atoms with E-state index in [1.807, 2.05) is 0 Å². The van der Waals surface area contributed by atoms with E-state index in [0.717, 1.165) is 24.2 Å². The van der Waals surface area contributed by atoms with Gasteiger partial charge in [0.1, 0.15) is 10.4 Å². The number of aryl methyl sites for hydroxylation is 1. The molecule has 2 aromatic heterocycles. The summed E-state index contributed by atoms with van der Waals surface area (Å²) in [5, 5.41) is 0.596. The van der Waals surface area contributed by atoms with E-state index in [1.165, 1.54) is 4.57 Å². The van der Waals surface area contributed by atoms with Crippen LogP contribution < -0.4 is 16.0 Å². The van der Waals surface area contributed by atoms with Crippen molar-refractivity contribution in [1.29, 1.82) is 0 Å². The van der Waals surface area contributed by atoms with Gasteiger partial charge in [-0.25, -0.2) is 0 Å². The number of hydrogen-bond donors (Lipinski definition) is 3. The number of amides is 1. The Morgan fingerprint density at radius 1 is 1.30 bits per heavy atom. The van der Waals surface area contributed by atoms with Gasteiger partial charge in [0.25, 0.3) is 11.5 Å². The number of ether oxygens (including phenoxy) is 1. The van der Waals surface area contributed by atoms with Crippen molar-refractivity contribution >= 4 is 37.9 Å². The van der Waals surface area contributed by atoms with E-state index in [4.69, 9.17) is 10.5 Å². The molecular weight excluding hydrogens is 424 g/mol. The summed E-state index contributed by atoms with van der Waals surface area (Å²) < 4.78 is 28.8. The summed E-state index contributed by atoms with van der Waals surface area (Å²) >= 11 is 1.06. The van der Waals surface area contributed by atoms with E-state index in [0.29, 0.717) is 49.3 Å². The molecule has 1 aliphatic carbocycles. The summed E-state index contributed by atoms with van der Waals surface area (Å²) in [7, 11) is -1.30.